The molecule has 2 aromatic heterocycles. The normalized spacial score (nSPS) is 11.2. The van der Waals surface area contributed by atoms with Crippen molar-refractivity contribution in [2.75, 3.05) is 12.4 Å². The predicted octanol–water partition coefficient (Wildman–Crippen LogP) is 4.02. The first-order valence-electron chi connectivity index (χ1n) is 8.35. The van der Waals surface area contributed by atoms with Crippen LogP contribution in [0.5, 0.6) is 5.75 Å². The summed E-state index contributed by atoms with van der Waals surface area (Å²) in [7, 11) is 0. The predicted molar refractivity (Wildman–Crippen MR) is 102 cm³/mol. The van der Waals surface area contributed by atoms with E-state index in [1.807, 2.05) is 25.1 Å². The molecule has 27 heavy (non-hydrogen) atoms. The number of halogens is 1. The molecule has 0 atom stereocenters. The first-order valence-corrected chi connectivity index (χ1v) is 9.33. The van der Waals surface area contributed by atoms with E-state index in [1.54, 1.807) is 12.1 Å². The van der Waals surface area contributed by atoms with Gasteiger partial charge in [0.2, 0.25) is 5.16 Å². The summed E-state index contributed by atoms with van der Waals surface area (Å²) in [5.74, 6) is -0.0669. The van der Waals surface area contributed by atoms with Gasteiger partial charge in [0.25, 0.3) is 0 Å². The van der Waals surface area contributed by atoms with Crippen LogP contribution in [0, 0.1) is 5.82 Å². The van der Waals surface area contributed by atoms with E-state index < -0.39 is 5.82 Å². The Kier molecular flexibility index (Phi) is 4.72. The third kappa shape index (κ3) is 3.48. The number of aromatic nitrogens is 4. The third-order valence-electron chi connectivity index (χ3n) is 3.98. The highest BCUT2D eigenvalue weighted by Gasteiger charge is 2.14. The lowest BCUT2D eigenvalue weighted by Crippen LogP contribution is -2.06. The molecular weight excluding hydrogens is 367 g/mol. The molecule has 0 aliphatic rings. The Labute approximate surface area is 158 Å². The fourth-order valence-electron chi connectivity index (χ4n) is 2.75. The number of Topliss-reactive ketones (excluding diaryl/α,β-unsaturated/α-hetero) is 1. The van der Waals surface area contributed by atoms with Crippen molar-refractivity contribution in [1.82, 2.24) is 20.2 Å². The fraction of sp³-hybridized carbons (Fsp3) is 0.158. The summed E-state index contributed by atoms with van der Waals surface area (Å²) in [6, 6.07) is 11.6. The number of H-pyrrole nitrogens is 1. The van der Waals surface area contributed by atoms with Gasteiger partial charge in [0.1, 0.15) is 17.1 Å². The van der Waals surface area contributed by atoms with Crippen molar-refractivity contribution in [2.24, 2.45) is 0 Å². The van der Waals surface area contributed by atoms with Crippen molar-refractivity contribution in [2.45, 2.75) is 12.1 Å². The molecule has 2 heterocycles. The fourth-order valence-corrected chi connectivity index (χ4v) is 3.42. The topological polar surface area (TPSA) is 80.8 Å². The summed E-state index contributed by atoms with van der Waals surface area (Å²) >= 11 is 1.12. The molecule has 0 aliphatic heterocycles. The molecule has 0 unspecified atom stereocenters. The zero-order valence-corrected chi connectivity index (χ0v) is 15.2. The first kappa shape index (κ1) is 17.4. The van der Waals surface area contributed by atoms with E-state index in [2.05, 4.69) is 20.2 Å². The van der Waals surface area contributed by atoms with Crippen molar-refractivity contribution in [3.63, 3.8) is 0 Å². The molecular formula is C19H15FN4O2S. The van der Waals surface area contributed by atoms with Crippen LogP contribution in [-0.2, 0) is 0 Å². The van der Waals surface area contributed by atoms with Crippen LogP contribution < -0.4 is 4.74 Å². The van der Waals surface area contributed by atoms with E-state index >= 15 is 0 Å². The minimum absolute atomic E-state index is 0.0306. The van der Waals surface area contributed by atoms with Crippen LogP contribution in [0.2, 0.25) is 0 Å². The summed E-state index contributed by atoms with van der Waals surface area (Å²) in [6.07, 6.45) is 0. The van der Waals surface area contributed by atoms with Gasteiger partial charge in [0.15, 0.2) is 11.4 Å². The lowest BCUT2D eigenvalue weighted by atomic mass is 10.1. The smallest absolute Gasteiger partial charge is 0.211 e. The summed E-state index contributed by atoms with van der Waals surface area (Å²) < 4.78 is 19.2. The molecule has 0 amide bonds. The number of ether oxygens (including phenoxy) is 1. The second-order valence-electron chi connectivity index (χ2n) is 5.75. The summed E-state index contributed by atoms with van der Waals surface area (Å²) in [5.41, 5.74) is 2.15. The summed E-state index contributed by atoms with van der Waals surface area (Å²) in [6.45, 7) is 2.50. The molecule has 0 fully saturated rings. The minimum atomic E-state index is -0.529. The average Bonchev–Trinajstić information content (AvgIpc) is 3.04. The van der Waals surface area contributed by atoms with Crippen molar-refractivity contribution >= 4 is 39.6 Å². The third-order valence-corrected chi connectivity index (χ3v) is 4.82. The highest BCUT2D eigenvalue weighted by molar-refractivity contribution is 7.99. The Morgan fingerprint density at radius 2 is 2.07 bits per heavy atom. The van der Waals surface area contributed by atoms with Crippen LogP contribution in [0.15, 0.2) is 47.6 Å². The number of nitrogens with one attached hydrogen (secondary N) is 1. The van der Waals surface area contributed by atoms with Crippen LogP contribution in [-0.4, -0.2) is 38.3 Å². The minimum Gasteiger partial charge on any atom is -0.494 e. The Bertz CT molecular complexity index is 1150. The molecule has 136 valence electrons. The van der Waals surface area contributed by atoms with Crippen LogP contribution in [0.3, 0.4) is 0 Å². The van der Waals surface area contributed by atoms with Gasteiger partial charge in [0.05, 0.1) is 17.9 Å². The molecule has 4 aromatic rings. The number of carbonyl (C=O) groups is 1. The molecule has 4 rings (SSSR count). The molecule has 8 heteroatoms. The SMILES string of the molecule is CCOc1ccc2[nH]c3nc(SCC(=O)c4ccccc4F)nnc3c2c1. The van der Waals surface area contributed by atoms with Crippen molar-refractivity contribution in [1.29, 1.82) is 0 Å². The van der Waals surface area contributed by atoms with E-state index in [1.165, 1.54) is 12.1 Å². The summed E-state index contributed by atoms with van der Waals surface area (Å²) in [4.78, 5) is 19.8. The van der Waals surface area contributed by atoms with Crippen molar-refractivity contribution in [3.05, 3.63) is 53.8 Å². The second-order valence-corrected chi connectivity index (χ2v) is 6.69. The van der Waals surface area contributed by atoms with Gasteiger partial charge in [0, 0.05) is 10.9 Å². The van der Waals surface area contributed by atoms with Crippen molar-refractivity contribution < 1.29 is 13.9 Å². The molecule has 0 radical (unpaired) electrons. The quantitative estimate of drug-likeness (QED) is 0.401. The van der Waals surface area contributed by atoms with Gasteiger partial charge in [-0.3, -0.25) is 4.79 Å². The molecule has 6 nitrogen and oxygen atoms in total. The number of hydrogen-bond acceptors (Lipinski definition) is 6. The number of fused-ring (bicyclic) bond motifs is 3. The molecule has 0 bridgehead atoms. The Hall–Kier alpha value is -3.00. The standard InChI is InChI=1S/C19H15FN4O2S/c1-2-26-11-7-8-15-13(9-11)17-18(21-15)22-19(24-23-17)27-10-16(25)12-5-3-4-6-14(12)20/h3-9H,2,10H2,1H3,(H,21,22,24). The number of ketones is 1. The van der Waals surface area contributed by atoms with E-state index in [-0.39, 0.29) is 17.1 Å². The summed E-state index contributed by atoms with van der Waals surface area (Å²) in [5, 5.41) is 9.54. The van der Waals surface area contributed by atoms with E-state index in [0.29, 0.717) is 22.9 Å². The number of nitrogens with zero attached hydrogens (tertiary/aromatic N) is 3. The molecule has 0 spiro atoms. The van der Waals surface area contributed by atoms with Crippen LogP contribution in [0.4, 0.5) is 4.39 Å². The van der Waals surface area contributed by atoms with Gasteiger partial charge in [-0.15, -0.1) is 10.2 Å². The number of benzene rings is 2. The van der Waals surface area contributed by atoms with E-state index in [4.69, 9.17) is 4.74 Å². The monoisotopic (exact) mass is 382 g/mol. The number of carbonyl (C=O) groups excluding carboxylic acids is 1. The zero-order chi connectivity index (χ0) is 18.8. The van der Waals surface area contributed by atoms with Crippen LogP contribution in [0.25, 0.3) is 22.1 Å². The maximum atomic E-state index is 13.7. The number of aromatic amines is 1. The molecule has 0 saturated carbocycles. The largest absolute Gasteiger partial charge is 0.494 e. The molecule has 2 aromatic carbocycles. The van der Waals surface area contributed by atoms with Gasteiger partial charge >= 0.3 is 0 Å². The second kappa shape index (κ2) is 7.32. The van der Waals surface area contributed by atoms with Gasteiger partial charge in [-0.25, -0.2) is 9.37 Å². The number of thioether (sulfide) groups is 1. The van der Waals surface area contributed by atoms with Crippen LogP contribution >= 0.6 is 11.8 Å². The van der Waals surface area contributed by atoms with E-state index in [0.717, 1.165) is 28.4 Å². The van der Waals surface area contributed by atoms with Gasteiger partial charge in [-0.2, -0.15) is 0 Å². The lowest BCUT2D eigenvalue weighted by molar-refractivity contribution is 0.101. The maximum Gasteiger partial charge on any atom is 0.211 e. The van der Waals surface area contributed by atoms with Crippen LogP contribution in [0.1, 0.15) is 17.3 Å². The first-order chi connectivity index (χ1) is 13.2. The highest BCUT2D eigenvalue weighted by atomic mass is 32.2. The Morgan fingerprint density at radius 1 is 1.22 bits per heavy atom. The Balaban J connectivity index is 1.57. The maximum absolute atomic E-state index is 13.7. The average molecular weight is 382 g/mol. The molecule has 0 aliphatic carbocycles. The molecule has 0 saturated heterocycles. The van der Waals surface area contributed by atoms with Gasteiger partial charge < -0.3 is 9.72 Å². The lowest BCUT2D eigenvalue weighted by Gasteiger charge is -2.02. The van der Waals surface area contributed by atoms with Crippen molar-refractivity contribution in [3.8, 4) is 5.75 Å². The van der Waals surface area contributed by atoms with E-state index in [9.17, 15) is 9.18 Å². The number of hydrogen-bond donors (Lipinski definition) is 1. The highest BCUT2D eigenvalue weighted by Crippen LogP contribution is 2.27. The molecule has 1 N–H and O–H groups in total. The zero-order valence-electron chi connectivity index (χ0n) is 14.4. The van der Waals surface area contributed by atoms with Gasteiger partial charge in [-0.1, -0.05) is 23.9 Å². The van der Waals surface area contributed by atoms with Gasteiger partial charge in [-0.05, 0) is 37.3 Å². The number of rotatable bonds is 6. The Morgan fingerprint density at radius 3 is 2.89 bits per heavy atom.